The highest BCUT2D eigenvalue weighted by atomic mass is 16.6. The Hall–Kier alpha value is -3.15. The molecule has 1 N–H and O–H groups in total. The molecule has 0 saturated heterocycles. The van der Waals surface area contributed by atoms with E-state index in [1.165, 1.54) is 0 Å². The van der Waals surface area contributed by atoms with E-state index < -0.39 is 0 Å². The second-order valence-electron chi connectivity index (χ2n) is 5.12. The molecule has 0 radical (unpaired) electrons. The summed E-state index contributed by atoms with van der Waals surface area (Å²) in [4.78, 5) is 5.32. The lowest BCUT2D eigenvalue weighted by Crippen LogP contribution is -1.99. The van der Waals surface area contributed by atoms with E-state index in [1.54, 1.807) is 0 Å². The summed E-state index contributed by atoms with van der Waals surface area (Å²) >= 11 is 0. The van der Waals surface area contributed by atoms with Crippen LogP contribution in [0.5, 0.6) is 0 Å². The Morgan fingerprint density at radius 2 is 1.75 bits per heavy atom. The van der Waals surface area contributed by atoms with Gasteiger partial charge in [-0.05, 0) is 24.6 Å². The number of nitrogens with zero attached hydrogens (tertiary/aromatic N) is 3. The van der Waals surface area contributed by atoms with Gasteiger partial charge in [-0.15, -0.1) is 5.10 Å². The lowest BCUT2D eigenvalue weighted by atomic mass is 10.1. The standard InChI is InChI=1S/C18H18N4O2/c1-14(15-8-4-2-5-9-15)22-23-13-12-17-20-21-18(24-17)19-16-10-6-3-7-11-16/h2-11H,12-13H2,1H3,(H,19,21)/b22-14+. The third kappa shape index (κ3) is 4.42. The lowest BCUT2D eigenvalue weighted by molar-refractivity contribution is 0.143. The van der Waals surface area contributed by atoms with E-state index in [-0.39, 0.29) is 0 Å². The number of hydrogen-bond acceptors (Lipinski definition) is 6. The third-order valence-electron chi connectivity index (χ3n) is 3.29. The topological polar surface area (TPSA) is 72.5 Å². The van der Waals surface area contributed by atoms with E-state index in [2.05, 4.69) is 20.7 Å². The van der Waals surface area contributed by atoms with Crippen LogP contribution in [-0.4, -0.2) is 22.5 Å². The van der Waals surface area contributed by atoms with Gasteiger partial charge in [0.25, 0.3) is 0 Å². The second-order valence-corrected chi connectivity index (χ2v) is 5.12. The lowest BCUT2D eigenvalue weighted by Gasteiger charge is -2.01. The number of rotatable bonds is 7. The molecule has 0 saturated carbocycles. The summed E-state index contributed by atoms with van der Waals surface area (Å²) in [6, 6.07) is 19.9. The van der Waals surface area contributed by atoms with Gasteiger partial charge < -0.3 is 14.6 Å². The van der Waals surface area contributed by atoms with E-state index in [0.717, 1.165) is 17.0 Å². The maximum absolute atomic E-state index is 5.52. The highest BCUT2D eigenvalue weighted by Gasteiger charge is 2.06. The number of hydrogen-bond donors (Lipinski definition) is 1. The number of para-hydroxylation sites is 1. The van der Waals surface area contributed by atoms with Crippen molar-refractivity contribution in [3.8, 4) is 0 Å². The molecule has 0 aliphatic rings. The minimum absolute atomic E-state index is 0.361. The molecule has 0 atom stereocenters. The number of benzene rings is 2. The van der Waals surface area contributed by atoms with Crippen molar-refractivity contribution >= 4 is 17.4 Å². The summed E-state index contributed by atoms with van der Waals surface area (Å²) in [5, 5.41) is 15.1. The molecule has 0 aliphatic carbocycles. The van der Waals surface area contributed by atoms with Crippen LogP contribution in [0.2, 0.25) is 0 Å². The molecule has 0 aliphatic heterocycles. The SMILES string of the molecule is C/C(=N\OCCc1nnc(Nc2ccccc2)o1)c1ccccc1. The fraction of sp³-hybridized carbons (Fsp3) is 0.167. The van der Waals surface area contributed by atoms with Crippen molar-refractivity contribution in [3.63, 3.8) is 0 Å². The molecule has 1 heterocycles. The Labute approximate surface area is 140 Å². The van der Waals surface area contributed by atoms with Crippen LogP contribution in [-0.2, 0) is 11.3 Å². The van der Waals surface area contributed by atoms with Crippen molar-refractivity contribution in [2.24, 2.45) is 5.16 Å². The van der Waals surface area contributed by atoms with Crippen LogP contribution >= 0.6 is 0 Å². The first-order chi connectivity index (χ1) is 11.8. The van der Waals surface area contributed by atoms with Crippen LogP contribution in [0.3, 0.4) is 0 Å². The van der Waals surface area contributed by atoms with Gasteiger partial charge in [0.1, 0.15) is 6.61 Å². The molecule has 0 spiro atoms. The molecule has 0 bridgehead atoms. The van der Waals surface area contributed by atoms with E-state index in [4.69, 9.17) is 9.25 Å². The Balaban J connectivity index is 1.47. The zero-order valence-electron chi connectivity index (χ0n) is 13.3. The van der Waals surface area contributed by atoms with Gasteiger partial charge in [0.2, 0.25) is 5.89 Å². The Kier molecular flexibility index (Phi) is 5.19. The van der Waals surface area contributed by atoms with Gasteiger partial charge in [-0.1, -0.05) is 58.8 Å². The molecule has 3 aromatic rings. The number of oxime groups is 1. The van der Waals surface area contributed by atoms with Gasteiger partial charge in [0.05, 0.1) is 12.1 Å². The minimum Gasteiger partial charge on any atom is -0.408 e. The molecule has 6 heteroatoms. The van der Waals surface area contributed by atoms with Gasteiger partial charge in [-0.3, -0.25) is 0 Å². The first kappa shape index (κ1) is 15.7. The van der Waals surface area contributed by atoms with E-state index in [1.807, 2.05) is 67.6 Å². The molecular formula is C18H18N4O2. The van der Waals surface area contributed by atoms with Gasteiger partial charge in [-0.25, -0.2) is 0 Å². The van der Waals surface area contributed by atoms with Crippen molar-refractivity contribution < 1.29 is 9.25 Å². The van der Waals surface area contributed by atoms with Gasteiger partial charge >= 0.3 is 6.01 Å². The second kappa shape index (κ2) is 7.92. The summed E-state index contributed by atoms with van der Waals surface area (Å²) in [5.74, 6) is 0.501. The minimum atomic E-state index is 0.361. The fourth-order valence-electron chi connectivity index (χ4n) is 2.06. The first-order valence-corrected chi connectivity index (χ1v) is 7.68. The normalized spacial score (nSPS) is 11.3. The van der Waals surface area contributed by atoms with Crippen molar-refractivity contribution in [2.75, 3.05) is 11.9 Å². The van der Waals surface area contributed by atoms with Crippen LogP contribution in [0.25, 0.3) is 0 Å². The largest absolute Gasteiger partial charge is 0.408 e. The molecule has 1 aromatic heterocycles. The van der Waals surface area contributed by atoms with Crippen molar-refractivity contribution in [2.45, 2.75) is 13.3 Å². The maximum atomic E-state index is 5.52. The fourth-order valence-corrected chi connectivity index (χ4v) is 2.06. The van der Waals surface area contributed by atoms with Crippen LogP contribution in [0.15, 0.2) is 70.2 Å². The molecule has 6 nitrogen and oxygen atoms in total. The first-order valence-electron chi connectivity index (χ1n) is 7.68. The highest BCUT2D eigenvalue weighted by molar-refractivity contribution is 5.98. The smallest absolute Gasteiger partial charge is 0.320 e. The predicted molar refractivity (Wildman–Crippen MR) is 92.3 cm³/mol. The molecular weight excluding hydrogens is 304 g/mol. The molecule has 0 unspecified atom stereocenters. The molecule has 0 fully saturated rings. The number of anilines is 2. The average Bonchev–Trinajstić information content (AvgIpc) is 3.07. The quantitative estimate of drug-likeness (QED) is 0.407. The highest BCUT2D eigenvalue weighted by Crippen LogP contribution is 2.14. The van der Waals surface area contributed by atoms with Crippen molar-refractivity contribution in [1.82, 2.24) is 10.2 Å². The van der Waals surface area contributed by atoms with Gasteiger partial charge in [0, 0.05) is 5.69 Å². The summed E-state index contributed by atoms with van der Waals surface area (Å²) < 4.78 is 5.52. The predicted octanol–water partition coefficient (Wildman–Crippen LogP) is 3.80. The average molecular weight is 322 g/mol. The molecule has 2 aromatic carbocycles. The zero-order chi connectivity index (χ0) is 16.6. The van der Waals surface area contributed by atoms with E-state index >= 15 is 0 Å². The van der Waals surface area contributed by atoms with E-state index in [0.29, 0.717) is 24.9 Å². The summed E-state index contributed by atoms with van der Waals surface area (Å²) in [7, 11) is 0. The summed E-state index contributed by atoms with van der Waals surface area (Å²) in [6.45, 7) is 2.28. The summed E-state index contributed by atoms with van der Waals surface area (Å²) in [5.41, 5.74) is 2.75. The molecule has 0 amide bonds. The van der Waals surface area contributed by atoms with Crippen LogP contribution in [0, 0.1) is 0 Å². The zero-order valence-corrected chi connectivity index (χ0v) is 13.3. The van der Waals surface area contributed by atoms with Crippen LogP contribution < -0.4 is 5.32 Å². The van der Waals surface area contributed by atoms with Crippen LogP contribution in [0.1, 0.15) is 18.4 Å². The van der Waals surface area contributed by atoms with E-state index in [9.17, 15) is 0 Å². The molecule has 122 valence electrons. The monoisotopic (exact) mass is 322 g/mol. The van der Waals surface area contributed by atoms with Crippen LogP contribution in [0.4, 0.5) is 11.7 Å². The third-order valence-corrected chi connectivity index (χ3v) is 3.29. The number of aromatic nitrogens is 2. The Bertz CT molecular complexity index is 785. The van der Waals surface area contributed by atoms with Crippen molar-refractivity contribution in [3.05, 3.63) is 72.1 Å². The van der Waals surface area contributed by atoms with Crippen molar-refractivity contribution in [1.29, 1.82) is 0 Å². The van der Waals surface area contributed by atoms with Gasteiger partial charge in [0.15, 0.2) is 0 Å². The molecule has 24 heavy (non-hydrogen) atoms. The maximum Gasteiger partial charge on any atom is 0.320 e. The molecule has 3 rings (SSSR count). The summed E-state index contributed by atoms with van der Waals surface area (Å²) in [6.07, 6.45) is 0.495. The Morgan fingerprint density at radius 1 is 1.04 bits per heavy atom. The van der Waals surface area contributed by atoms with Gasteiger partial charge in [-0.2, -0.15) is 0 Å². The number of nitrogens with one attached hydrogen (secondary N) is 1. The Morgan fingerprint density at radius 3 is 2.50 bits per heavy atom.